The van der Waals surface area contributed by atoms with Gasteiger partial charge in [0.05, 0.1) is 5.69 Å². The normalized spacial score (nSPS) is 19.0. The van der Waals surface area contributed by atoms with Crippen LogP contribution in [0.4, 0.5) is 0 Å². The van der Waals surface area contributed by atoms with Crippen LogP contribution in [0, 0.1) is 0 Å². The van der Waals surface area contributed by atoms with Gasteiger partial charge >= 0.3 is 0 Å². The second kappa shape index (κ2) is 7.55. The van der Waals surface area contributed by atoms with E-state index < -0.39 is 0 Å². The highest BCUT2D eigenvalue weighted by Gasteiger charge is 2.30. The van der Waals surface area contributed by atoms with Crippen LogP contribution in [0.1, 0.15) is 44.0 Å². The molecule has 1 atom stereocenters. The zero-order chi connectivity index (χ0) is 18.8. The largest absolute Gasteiger partial charge is 0.350 e. The van der Waals surface area contributed by atoms with Crippen molar-refractivity contribution in [1.82, 2.24) is 19.8 Å². The summed E-state index contributed by atoms with van der Waals surface area (Å²) in [4.78, 5) is 30.8. The van der Waals surface area contributed by atoms with Gasteiger partial charge in [-0.3, -0.25) is 9.59 Å². The second-order valence-electron chi connectivity index (χ2n) is 7.48. The van der Waals surface area contributed by atoms with Crippen LogP contribution in [0.15, 0.2) is 30.5 Å². The monoisotopic (exact) mass is 366 g/mol. The van der Waals surface area contributed by atoms with Gasteiger partial charge in [0.25, 0.3) is 0 Å². The van der Waals surface area contributed by atoms with E-state index in [0.29, 0.717) is 13.1 Å². The summed E-state index contributed by atoms with van der Waals surface area (Å²) in [7, 11) is 0. The number of carbonyl (C=O) groups excluding carboxylic acids is 2. The van der Waals surface area contributed by atoms with Crippen LogP contribution in [0.5, 0.6) is 0 Å². The highest BCUT2D eigenvalue weighted by atomic mass is 16.2. The highest BCUT2D eigenvalue weighted by molar-refractivity contribution is 5.87. The van der Waals surface area contributed by atoms with Crippen LogP contribution in [-0.4, -0.2) is 38.9 Å². The molecule has 142 valence electrons. The molecular formula is C21H26N4O2. The molecule has 1 aromatic heterocycles. The molecule has 6 heteroatoms. The number of rotatable bonds is 4. The van der Waals surface area contributed by atoms with Gasteiger partial charge in [0.2, 0.25) is 11.8 Å². The first kappa shape index (κ1) is 17.8. The number of carbonyl (C=O) groups is 2. The zero-order valence-corrected chi connectivity index (χ0v) is 15.8. The topological polar surface area (TPSA) is 67.2 Å². The molecule has 0 radical (unpaired) electrons. The Morgan fingerprint density at radius 1 is 1.22 bits per heavy atom. The van der Waals surface area contributed by atoms with E-state index in [1.54, 1.807) is 4.90 Å². The number of piperidine rings is 1. The van der Waals surface area contributed by atoms with Gasteiger partial charge < -0.3 is 14.8 Å². The van der Waals surface area contributed by atoms with E-state index in [1.807, 2.05) is 12.1 Å². The first-order chi connectivity index (χ1) is 13.1. The third-order valence-corrected chi connectivity index (χ3v) is 5.56. The average molecular weight is 366 g/mol. The fraction of sp³-hybridized carbons (Fsp3) is 0.476. The highest BCUT2D eigenvalue weighted by Crippen LogP contribution is 2.24. The van der Waals surface area contributed by atoms with Gasteiger partial charge in [0.1, 0.15) is 11.9 Å². The van der Waals surface area contributed by atoms with E-state index in [9.17, 15) is 9.59 Å². The van der Waals surface area contributed by atoms with Crippen molar-refractivity contribution in [1.29, 1.82) is 0 Å². The predicted molar refractivity (Wildman–Crippen MR) is 103 cm³/mol. The predicted octanol–water partition coefficient (Wildman–Crippen LogP) is 2.51. The molecule has 3 heterocycles. The minimum Gasteiger partial charge on any atom is -0.350 e. The number of hydrogen-bond acceptors (Lipinski definition) is 3. The average Bonchev–Trinajstić information content (AvgIpc) is 3.28. The standard InChI is InChI=1S/C21H26N4O2/c1-15(26)25-11-3-2-8-19(25)21(27)22-13-16-6-4-7-17(12-16)18-14-24-10-5-9-20(24)23-18/h4,6-7,12,14,19H,2-3,5,8-11,13H2,1H3,(H,22,27). The van der Waals surface area contributed by atoms with Gasteiger partial charge in [-0.1, -0.05) is 18.2 Å². The van der Waals surface area contributed by atoms with E-state index in [4.69, 9.17) is 4.98 Å². The summed E-state index contributed by atoms with van der Waals surface area (Å²) >= 11 is 0. The van der Waals surface area contributed by atoms with Gasteiger partial charge in [-0.25, -0.2) is 4.98 Å². The first-order valence-electron chi connectivity index (χ1n) is 9.82. The van der Waals surface area contributed by atoms with Crippen LogP contribution in [0.3, 0.4) is 0 Å². The van der Waals surface area contributed by atoms with Crippen LogP contribution in [-0.2, 0) is 29.1 Å². The number of nitrogens with zero attached hydrogens (tertiary/aromatic N) is 3. The van der Waals surface area contributed by atoms with Gasteiger partial charge in [0.15, 0.2) is 0 Å². The molecule has 2 aromatic rings. The molecule has 1 saturated heterocycles. The van der Waals surface area contributed by atoms with Gasteiger partial charge in [-0.05, 0) is 37.3 Å². The molecule has 0 spiro atoms. The molecule has 0 bridgehead atoms. The molecule has 1 unspecified atom stereocenters. The summed E-state index contributed by atoms with van der Waals surface area (Å²) in [5, 5.41) is 3.01. The summed E-state index contributed by atoms with van der Waals surface area (Å²) in [6.45, 7) is 3.72. The lowest BCUT2D eigenvalue weighted by Crippen LogP contribution is -2.51. The Morgan fingerprint density at radius 3 is 2.93 bits per heavy atom. The Kier molecular flexibility index (Phi) is 4.97. The number of aromatic nitrogens is 2. The molecule has 2 amide bonds. The maximum absolute atomic E-state index is 12.6. The maximum Gasteiger partial charge on any atom is 0.243 e. The Labute approximate surface area is 159 Å². The van der Waals surface area contributed by atoms with Crippen molar-refractivity contribution >= 4 is 11.8 Å². The van der Waals surface area contributed by atoms with E-state index in [1.165, 1.54) is 13.3 Å². The molecule has 1 aromatic carbocycles. The quantitative estimate of drug-likeness (QED) is 0.904. The summed E-state index contributed by atoms with van der Waals surface area (Å²) < 4.78 is 2.23. The fourth-order valence-corrected chi connectivity index (χ4v) is 4.12. The second-order valence-corrected chi connectivity index (χ2v) is 7.48. The summed E-state index contributed by atoms with van der Waals surface area (Å²) in [6, 6.07) is 7.82. The van der Waals surface area contributed by atoms with Crippen molar-refractivity contribution in [2.75, 3.05) is 6.54 Å². The molecule has 6 nitrogen and oxygen atoms in total. The lowest BCUT2D eigenvalue weighted by Gasteiger charge is -2.33. The van der Waals surface area contributed by atoms with Crippen molar-refractivity contribution in [3.8, 4) is 11.3 Å². The molecule has 1 fully saturated rings. The maximum atomic E-state index is 12.6. The minimum atomic E-state index is -0.337. The third-order valence-electron chi connectivity index (χ3n) is 5.56. The number of nitrogens with one attached hydrogen (secondary N) is 1. The number of fused-ring (bicyclic) bond motifs is 1. The molecule has 2 aliphatic heterocycles. The number of benzene rings is 1. The summed E-state index contributed by atoms with van der Waals surface area (Å²) in [6.07, 6.45) is 7.04. The summed E-state index contributed by atoms with van der Waals surface area (Å²) in [5.41, 5.74) is 3.11. The number of likely N-dealkylation sites (tertiary alicyclic amines) is 1. The number of aryl methyl sites for hydroxylation is 2. The first-order valence-corrected chi connectivity index (χ1v) is 9.82. The van der Waals surface area contributed by atoms with Crippen LogP contribution >= 0.6 is 0 Å². The molecule has 1 N–H and O–H groups in total. The Bertz CT molecular complexity index is 836. The fourth-order valence-electron chi connectivity index (χ4n) is 4.12. The minimum absolute atomic E-state index is 0.0234. The van der Waals surface area contributed by atoms with Crippen LogP contribution < -0.4 is 5.32 Å². The van der Waals surface area contributed by atoms with Gasteiger partial charge in [0, 0.05) is 44.7 Å². The van der Waals surface area contributed by atoms with Gasteiger partial charge in [-0.2, -0.15) is 0 Å². The molecule has 4 rings (SSSR count). The zero-order valence-electron chi connectivity index (χ0n) is 15.8. The Balaban J connectivity index is 1.42. The van der Waals surface area contributed by atoms with Crippen molar-refractivity contribution in [2.45, 2.75) is 58.2 Å². The summed E-state index contributed by atoms with van der Waals surface area (Å²) in [5.74, 6) is 1.08. The van der Waals surface area contributed by atoms with E-state index >= 15 is 0 Å². The van der Waals surface area contributed by atoms with E-state index in [0.717, 1.165) is 54.9 Å². The van der Waals surface area contributed by atoms with Crippen molar-refractivity contribution < 1.29 is 9.59 Å². The van der Waals surface area contributed by atoms with Crippen LogP contribution in [0.2, 0.25) is 0 Å². The number of hydrogen-bond donors (Lipinski definition) is 1. The van der Waals surface area contributed by atoms with Crippen LogP contribution in [0.25, 0.3) is 11.3 Å². The Hall–Kier alpha value is -2.63. The van der Waals surface area contributed by atoms with Crippen molar-refractivity contribution in [2.24, 2.45) is 0 Å². The van der Waals surface area contributed by atoms with E-state index in [2.05, 4.69) is 28.2 Å². The molecule has 2 aliphatic rings. The smallest absolute Gasteiger partial charge is 0.243 e. The van der Waals surface area contributed by atoms with Gasteiger partial charge in [-0.15, -0.1) is 0 Å². The SMILES string of the molecule is CC(=O)N1CCCCC1C(=O)NCc1cccc(-c2cn3c(n2)CCC3)c1. The number of amides is 2. The number of imidazole rings is 1. The lowest BCUT2D eigenvalue weighted by molar-refractivity contribution is -0.140. The molecule has 0 aliphatic carbocycles. The van der Waals surface area contributed by atoms with Crippen molar-refractivity contribution in [3.63, 3.8) is 0 Å². The lowest BCUT2D eigenvalue weighted by atomic mass is 10.0. The molecular weight excluding hydrogens is 340 g/mol. The van der Waals surface area contributed by atoms with Crippen molar-refractivity contribution in [3.05, 3.63) is 41.9 Å². The Morgan fingerprint density at radius 2 is 2.11 bits per heavy atom. The third kappa shape index (κ3) is 3.75. The molecule has 0 saturated carbocycles. The molecule has 27 heavy (non-hydrogen) atoms. The van der Waals surface area contributed by atoms with E-state index in [-0.39, 0.29) is 17.9 Å².